The van der Waals surface area contributed by atoms with E-state index in [-0.39, 0.29) is 42.0 Å². The predicted molar refractivity (Wildman–Crippen MR) is 150 cm³/mol. The van der Waals surface area contributed by atoms with Crippen molar-refractivity contribution in [2.24, 2.45) is 22.4 Å². The van der Waals surface area contributed by atoms with Gasteiger partial charge in [0.2, 0.25) is 11.7 Å². The summed E-state index contributed by atoms with van der Waals surface area (Å²) in [6.07, 6.45) is -5.86. The molecule has 2 saturated heterocycles. The maximum absolute atomic E-state index is 13.9. The van der Waals surface area contributed by atoms with Crippen LogP contribution in [-0.2, 0) is 23.6 Å². The highest BCUT2D eigenvalue weighted by Crippen LogP contribution is 2.35. The molecule has 2 aliphatic rings. The summed E-state index contributed by atoms with van der Waals surface area (Å²) in [5.74, 6) is -1.31. The number of aromatic nitrogens is 2. The Morgan fingerprint density at radius 3 is 2.23 bits per heavy atom. The van der Waals surface area contributed by atoms with Crippen LogP contribution in [0.3, 0.4) is 0 Å². The molecule has 0 aliphatic carbocycles. The van der Waals surface area contributed by atoms with Crippen LogP contribution in [0.1, 0.15) is 56.0 Å². The van der Waals surface area contributed by atoms with E-state index in [1.165, 1.54) is 18.2 Å². The number of halogens is 6. The van der Waals surface area contributed by atoms with Gasteiger partial charge < -0.3 is 26.6 Å². The molecule has 5 N–H and O–H groups in total. The summed E-state index contributed by atoms with van der Waals surface area (Å²) in [5.41, 5.74) is 11.0. The number of hydrogen-bond donors (Lipinski definition) is 3. The Morgan fingerprint density at radius 2 is 1.65 bits per heavy atom. The summed E-state index contributed by atoms with van der Waals surface area (Å²) in [6, 6.07) is 5.35. The lowest BCUT2D eigenvalue weighted by Gasteiger charge is -2.36. The number of piperidine rings is 1. The molecule has 2 aliphatic heterocycles. The molecule has 1 aromatic heterocycles. The molecule has 43 heavy (non-hydrogen) atoms. The van der Waals surface area contributed by atoms with Crippen LogP contribution in [0.25, 0.3) is 0 Å². The Bertz CT molecular complexity index is 1270. The fourth-order valence-corrected chi connectivity index (χ4v) is 5.71. The second-order valence-electron chi connectivity index (χ2n) is 10.8. The van der Waals surface area contributed by atoms with Gasteiger partial charge in [-0.2, -0.15) is 26.3 Å². The Hall–Kier alpha value is -3.78. The molecule has 1 unspecified atom stereocenters. The number of carbonyl (C=O) groups is 1. The minimum Gasteiger partial charge on any atom is -0.370 e. The molecule has 0 bridgehead atoms. The van der Waals surface area contributed by atoms with Gasteiger partial charge in [-0.15, -0.1) is 0 Å². The number of alkyl halides is 6. The maximum atomic E-state index is 13.9. The number of nitrogens with two attached hydrogens (primary N) is 2. The number of rotatable bonds is 9. The fraction of sp³-hybridized carbons (Fsp3) is 0.571. The van der Waals surface area contributed by atoms with Gasteiger partial charge in [-0.1, -0.05) is 19.1 Å². The molecule has 2 aromatic rings. The lowest BCUT2D eigenvalue weighted by atomic mass is 9.88. The Balaban J connectivity index is 1.45. The molecule has 236 valence electrons. The maximum Gasteiger partial charge on any atom is 0.451 e. The van der Waals surface area contributed by atoms with Gasteiger partial charge in [0.15, 0.2) is 5.96 Å². The number of carbonyl (C=O) groups excluding carboxylic acids is 1. The van der Waals surface area contributed by atoms with E-state index in [2.05, 4.69) is 20.3 Å². The van der Waals surface area contributed by atoms with Crippen molar-refractivity contribution >= 4 is 23.5 Å². The average Bonchev–Trinajstić information content (AvgIpc) is 3.45. The minimum atomic E-state index is -4.79. The average molecular weight is 615 g/mol. The number of benzene rings is 1. The zero-order chi connectivity index (χ0) is 31.4. The van der Waals surface area contributed by atoms with E-state index in [0.29, 0.717) is 57.3 Å². The van der Waals surface area contributed by atoms with Crippen molar-refractivity contribution in [1.82, 2.24) is 15.3 Å². The van der Waals surface area contributed by atoms with Crippen LogP contribution in [0.5, 0.6) is 0 Å². The van der Waals surface area contributed by atoms with E-state index in [9.17, 15) is 31.1 Å². The molecule has 2 fully saturated rings. The summed E-state index contributed by atoms with van der Waals surface area (Å²) in [7, 11) is 0. The molecular weight excluding hydrogens is 578 g/mol. The third-order valence-corrected chi connectivity index (χ3v) is 7.94. The topological polar surface area (TPSA) is 126 Å². The van der Waals surface area contributed by atoms with Crippen molar-refractivity contribution in [3.63, 3.8) is 0 Å². The van der Waals surface area contributed by atoms with Crippen molar-refractivity contribution in [3.05, 3.63) is 47.3 Å². The minimum absolute atomic E-state index is 0.00772. The molecule has 15 heteroatoms. The molecule has 1 aromatic carbocycles. The number of nitrogens with one attached hydrogen (secondary N) is 1. The van der Waals surface area contributed by atoms with Gasteiger partial charge >= 0.3 is 12.4 Å². The molecule has 2 atom stereocenters. The Kier molecular flexibility index (Phi) is 9.90. The van der Waals surface area contributed by atoms with Gasteiger partial charge in [-0.05, 0) is 62.1 Å². The quantitative estimate of drug-likeness (QED) is 0.221. The van der Waals surface area contributed by atoms with Crippen molar-refractivity contribution in [2.45, 2.75) is 69.9 Å². The van der Waals surface area contributed by atoms with Gasteiger partial charge in [0, 0.05) is 32.2 Å². The first kappa shape index (κ1) is 32.1. The van der Waals surface area contributed by atoms with E-state index < -0.39 is 29.8 Å². The summed E-state index contributed by atoms with van der Waals surface area (Å²) in [5, 5.41) is 2.77. The summed E-state index contributed by atoms with van der Waals surface area (Å²) in [4.78, 5) is 28.4. The molecule has 9 nitrogen and oxygen atoms in total. The first-order chi connectivity index (χ1) is 20.3. The van der Waals surface area contributed by atoms with E-state index in [1.807, 2.05) is 6.92 Å². The van der Waals surface area contributed by atoms with Crippen LogP contribution >= 0.6 is 0 Å². The van der Waals surface area contributed by atoms with Crippen LogP contribution in [0.2, 0.25) is 0 Å². The van der Waals surface area contributed by atoms with Crippen LogP contribution in [0, 0.1) is 5.92 Å². The van der Waals surface area contributed by atoms with E-state index in [1.54, 1.807) is 9.80 Å². The van der Waals surface area contributed by atoms with E-state index >= 15 is 0 Å². The third-order valence-electron chi connectivity index (χ3n) is 7.94. The van der Waals surface area contributed by atoms with Gasteiger partial charge in [0.1, 0.15) is 17.7 Å². The van der Waals surface area contributed by atoms with Crippen molar-refractivity contribution < 1.29 is 31.1 Å². The summed E-state index contributed by atoms with van der Waals surface area (Å²) < 4.78 is 80.0. The number of hydrogen-bond acceptors (Lipinski definition) is 6. The van der Waals surface area contributed by atoms with Gasteiger partial charge in [-0.3, -0.25) is 9.79 Å². The van der Waals surface area contributed by atoms with Crippen LogP contribution < -0.4 is 26.6 Å². The zero-order valence-corrected chi connectivity index (χ0v) is 23.8. The monoisotopic (exact) mass is 614 g/mol. The fourth-order valence-electron chi connectivity index (χ4n) is 5.71. The number of anilines is 2. The Morgan fingerprint density at radius 1 is 1.00 bits per heavy atom. The second-order valence-corrected chi connectivity index (χ2v) is 10.8. The van der Waals surface area contributed by atoms with Gasteiger partial charge in [0.25, 0.3) is 0 Å². The number of guanidine groups is 1. The standard InChI is InChI=1S/C28H36F6N8O/c1-2-20(38-26(35)36)18-10-14-41(15-11-18)22-16-23(40-25(39-22)28(32,33)34)42-13-3-4-21(42)24(43)37-12-9-17-5-7-19(8-6-17)27(29,30)31/h5-8,16,18,20-21H,2-4,9-15H2,1H3,(H,37,43)(H4,35,36,38)/t20?,21-/m0/s1. The molecule has 1 amide bonds. The van der Waals surface area contributed by atoms with Crippen molar-refractivity contribution in [2.75, 3.05) is 36.0 Å². The highest BCUT2D eigenvalue weighted by Gasteiger charge is 2.39. The first-order valence-corrected chi connectivity index (χ1v) is 14.3. The van der Waals surface area contributed by atoms with E-state index in [4.69, 9.17) is 11.5 Å². The lowest BCUT2D eigenvalue weighted by Crippen LogP contribution is -2.44. The van der Waals surface area contributed by atoms with Crippen LogP contribution in [-0.4, -0.2) is 60.1 Å². The first-order valence-electron chi connectivity index (χ1n) is 14.3. The molecule has 0 radical (unpaired) electrons. The normalized spacial score (nSPS) is 18.9. The van der Waals surface area contributed by atoms with E-state index in [0.717, 1.165) is 18.6 Å². The smallest absolute Gasteiger partial charge is 0.370 e. The van der Waals surface area contributed by atoms with Gasteiger partial charge in [0.05, 0.1) is 11.6 Å². The predicted octanol–water partition coefficient (Wildman–Crippen LogP) is 4.11. The molecule has 0 spiro atoms. The van der Waals surface area contributed by atoms with Crippen molar-refractivity contribution in [3.8, 4) is 0 Å². The number of nitrogens with zero attached hydrogens (tertiary/aromatic N) is 5. The molecular formula is C28H36F6N8O. The SMILES string of the molecule is CCC(N=C(N)N)C1CCN(c2cc(N3CCC[C@H]3C(=O)NCCc3ccc(C(F)(F)F)cc3)nc(C(F)(F)F)n2)CC1. The zero-order valence-electron chi connectivity index (χ0n) is 23.8. The highest BCUT2D eigenvalue weighted by atomic mass is 19.4. The number of amides is 1. The summed E-state index contributed by atoms with van der Waals surface area (Å²) >= 11 is 0. The molecule has 3 heterocycles. The Labute approximate surface area is 245 Å². The van der Waals surface area contributed by atoms with Crippen LogP contribution in [0.15, 0.2) is 35.3 Å². The molecule has 0 saturated carbocycles. The van der Waals surface area contributed by atoms with Crippen molar-refractivity contribution in [1.29, 1.82) is 0 Å². The second kappa shape index (κ2) is 13.2. The third kappa shape index (κ3) is 8.20. The molecule has 4 rings (SSSR count). The lowest BCUT2D eigenvalue weighted by molar-refractivity contribution is -0.144. The summed E-state index contributed by atoms with van der Waals surface area (Å²) in [6.45, 7) is 3.40. The largest absolute Gasteiger partial charge is 0.451 e. The van der Waals surface area contributed by atoms with Crippen LogP contribution in [0.4, 0.5) is 38.0 Å². The highest BCUT2D eigenvalue weighted by molar-refractivity contribution is 5.85. The van der Waals surface area contributed by atoms with Gasteiger partial charge in [-0.25, -0.2) is 9.97 Å². The number of aliphatic imine (C=N–C) groups is 1.